The first kappa shape index (κ1) is 23.5. The first-order chi connectivity index (χ1) is 14.6. The number of carbonyl (C=O) groups is 1. The number of sulfonamides is 1. The van der Waals surface area contributed by atoms with Crippen LogP contribution in [0.5, 0.6) is 0 Å². The summed E-state index contributed by atoms with van der Waals surface area (Å²) in [7, 11) is -4.12. The summed E-state index contributed by atoms with van der Waals surface area (Å²) in [6.07, 6.45) is 0.486. The number of benzene rings is 1. The van der Waals surface area contributed by atoms with Crippen molar-refractivity contribution >= 4 is 44.6 Å². The molecule has 0 saturated carbocycles. The van der Waals surface area contributed by atoms with Crippen molar-refractivity contribution in [1.29, 1.82) is 0 Å². The summed E-state index contributed by atoms with van der Waals surface area (Å²) in [5.74, 6) is -1.07. The average Bonchev–Trinajstić information content (AvgIpc) is 3.32. The molecule has 0 fully saturated rings. The minimum Gasteiger partial charge on any atom is -0.396 e. The number of aliphatic hydroxyl groups is 1. The van der Waals surface area contributed by atoms with E-state index in [1.807, 2.05) is 26.0 Å². The zero-order chi connectivity index (χ0) is 22.9. The number of nitrogens with zero attached hydrogens (tertiary/aromatic N) is 1. The van der Waals surface area contributed by atoms with Crippen LogP contribution in [0.1, 0.15) is 50.5 Å². The van der Waals surface area contributed by atoms with Gasteiger partial charge in [-0.15, -0.1) is 11.3 Å². The molecule has 166 valence electrons. The Hall–Kier alpha value is -2.20. The van der Waals surface area contributed by atoms with E-state index in [0.29, 0.717) is 12.1 Å². The average molecular weight is 483 g/mol. The lowest BCUT2D eigenvalue weighted by molar-refractivity contribution is 0.0967. The van der Waals surface area contributed by atoms with Gasteiger partial charge < -0.3 is 9.63 Å². The minimum atomic E-state index is -4.12. The predicted octanol–water partition coefficient (Wildman–Crippen LogP) is 4.64. The van der Waals surface area contributed by atoms with Crippen LogP contribution in [0.4, 0.5) is 5.88 Å². The van der Waals surface area contributed by atoms with E-state index in [9.17, 15) is 18.3 Å². The Balaban J connectivity index is 1.95. The molecule has 7 nitrogen and oxygen atoms in total. The maximum atomic E-state index is 13.3. The summed E-state index contributed by atoms with van der Waals surface area (Å²) in [5.41, 5.74) is 4.08. The first-order valence-corrected chi connectivity index (χ1v) is 12.3. The highest BCUT2D eigenvalue weighted by molar-refractivity contribution is 7.93. The van der Waals surface area contributed by atoms with Gasteiger partial charge in [-0.2, -0.15) is 0 Å². The highest BCUT2D eigenvalue weighted by Crippen LogP contribution is 2.33. The second-order valence-electron chi connectivity index (χ2n) is 7.33. The van der Waals surface area contributed by atoms with Gasteiger partial charge in [0.25, 0.3) is 15.9 Å². The van der Waals surface area contributed by atoms with Gasteiger partial charge >= 0.3 is 0 Å². The van der Waals surface area contributed by atoms with Gasteiger partial charge in [-0.1, -0.05) is 35.8 Å². The number of rotatable bonds is 8. The zero-order valence-corrected chi connectivity index (χ0v) is 19.9. The fourth-order valence-electron chi connectivity index (χ4n) is 3.40. The molecule has 10 heteroatoms. The van der Waals surface area contributed by atoms with Crippen LogP contribution in [0.2, 0.25) is 5.02 Å². The topological polar surface area (TPSA) is 110 Å². The number of thiophene rings is 1. The molecular weight excluding hydrogens is 460 g/mol. The van der Waals surface area contributed by atoms with Crippen LogP contribution in [-0.4, -0.2) is 31.1 Å². The predicted molar refractivity (Wildman–Crippen MR) is 121 cm³/mol. The lowest BCUT2D eigenvalue weighted by Gasteiger charge is -2.17. The molecule has 1 atom stereocenters. The van der Waals surface area contributed by atoms with Crippen molar-refractivity contribution in [2.75, 3.05) is 11.3 Å². The monoisotopic (exact) mass is 482 g/mol. The SMILES string of the molecule is Cc1cc(C)c(C(C)C(=O)c2sccc2S(=O)(=O)Nc2onc(C)c2Cl)cc1CCO. The fourth-order valence-corrected chi connectivity index (χ4v) is 6.03. The number of hydrogen-bond acceptors (Lipinski definition) is 7. The molecule has 0 aliphatic heterocycles. The van der Waals surface area contributed by atoms with E-state index < -0.39 is 15.9 Å². The lowest BCUT2D eigenvalue weighted by atomic mass is 9.88. The van der Waals surface area contributed by atoms with E-state index in [2.05, 4.69) is 9.88 Å². The van der Waals surface area contributed by atoms with Gasteiger partial charge in [-0.25, -0.2) is 13.1 Å². The number of aryl methyl sites for hydroxylation is 3. The Morgan fingerprint density at radius 2 is 2.00 bits per heavy atom. The van der Waals surface area contributed by atoms with E-state index in [1.54, 1.807) is 19.2 Å². The van der Waals surface area contributed by atoms with Crippen molar-refractivity contribution in [3.8, 4) is 0 Å². The van der Waals surface area contributed by atoms with Gasteiger partial charge in [0.05, 0.1) is 4.88 Å². The van der Waals surface area contributed by atoms with Gasteiger partial charge in [0.15, 0.2) is 5.78 Å². The van der Waals surface area contributed by atoms with Crippen molar-refractivity contribution in [3.63, 3.8) is 0 Å². The molecule has 0 spiro atoms. The zero-order valence-electron chi connectivity index (χ0n) is 17.5. The molecule has 0 radical (unpaired) electrons. The molecule has 3 aromatic rings. The number of anilines is 1. The molecule has 31 heavy (non-hydrogen) atoms. The molecule has 0 bridgehead atoms. The molecule has 0 amide bonds. The Labute approximate surface area is 190 Å². The summed E-state index contributed by atoms with van der Waals surface area (Å²) in [6.45, 7) is 7.22. The van der Waals surface area contributed by atoms with Crippen molar-refractivity contribution in [3.05, 3.63) is 61.4 Å². The molecule has 0 saturated heterocycles. The smallest absolute Gasteiger partial charge is 0.265 e. The molecule has 1 aromatic carbocycles. The number of halogens is 1. The van der Waals surface area contributed by atoms with Gasteiger partial charge in [0.1, 0.15) is 15.6 Å². The van der Waals surface area contributed by atoms with Gasteiger partial charge in [0, 0.05) is 12.5 Å². The molecule has 2 heterocycles. The summed E-state index contributed by atoms with van der Waals surface area (Å²) < 4.78 is 33.1. The number of ketones is 1. The van der Waals surface area contributed by atoms with E-state index >= 15 is 0 Å². The van der Waals surface area contributed by atoms with Crippen LogP contribution in [0.25, 0.3) is 0 Å². The summed E-state index contributed by atoms with van der Waals surface area (Å²) in [4.78, 5) is 13.3. The molecule has 3 rings (SSSR count). The summed E-state index contributed by atoms with van der Waals surface area (Å²) in [6, 6.07) is 5.27. The van der Waals surface area contributed by atoms with E-state index in [1.165, 1.54) is 6.07 Å². The quantitative estimate of drug-likeness (QED) is 0.453. The number of carbonyl (C=O) groups excluding carboxylic acids is 1. The molecule has 2 aromatic heterocycles. The van der Waals surface area contributed by atoms with Gasteiger partial charge in [-0.3, -0.25) is 4.79 Å². The Morgan fingerprint density at radius 3 is 2.61 bits per heavy atom. The van der Waals surface area contributed by atoms with Crippen LogP contribution in [-0.2, 0) is 16.4 Å². The number of Topliss-reactive ketones (excluding diaryl/α,β-unsaturated/α-hetero) is 1. The van der Waals surface area contributed by atoms with Crippen molar-refractivity contribution in [2.24, 2.45) is 0 Å². The standard InChI is InChI=1S/C21H23ClN2O5S2/c1-11-9-12(2)16(10-15(11)5-7-25)13(3)19(26)20-17(6-8-30-20)31(27,28)24-21-18(22)14(4)23-29-21/h6,8-10,13,24-25H,5,7H2,1-4H3. The van der Waals surface area contributed by atoms with E-state index in [-0.39, 0.29) is 33.1 Å². The van der Waals surface area contributed by atoms with Gasteiger partial charge in [0.2, 0.25) is 0 Å². The number of aliphatic hydroxyl groups excluding tert-OH is 1. The van der Waals surface area contributed by atoms with E-state index in [0.717, 1.165) is 33.6 Å². The van der Waals surface area contributed by atoms with E-state index in [4.69, 9.17) is 16.1 Å². The van der Waals surface area contributed by atoms with Crippen LogP contribution < -0.4 is 4.72 Å². The number of hydrogen-bond donors (Lipinski definition) is 2. The van der Waals surface area contributed by atoms with Crippen molar-refractivity contribution in [2.45, 2.75) is 44.9 Å². The fraction of sp³-hybridized carbons (Fsp3) is 0.333. The third-order valence-electron chi connectivity index (χ3n) is 5.13. The Morgan fingerprint density at radius 1 is 1.29 bits per heavy atom. The Bertz CT molecular complexity index is 1230. The third kappa shape index (κ3) is 4.69. The molecule has 0 aliphatic rings. The number of aromatic nitrogens is 1. The number of nitrogens with one attached hydrogen (secondary N) is 1. The second kappa shape index (κ2) is 9.12. The van der Waals surface area contributed by atoms with Crippen LogP contribution >= 0.6 is 22.9 Å². The largest absolute Gasteiger partial charge is 0.396 e. The normalized spacial score (nSPS) is 12.7. The summed E-state index contributed by atoms with van der Waals surface area (Å²) in [5, 5.41) is 14.6. The Kier molecular flexibility index (Phi) is 6.90. The summed E-state index contributed by atoms with van der Waals surface area (Å²) >= 11 is 7.08. The molecule has 0 aliphatic carbocycles. The van der Waals surface area contributed by atoms with Crippen LogP contribution in [0, 0.1) is 20.8 Å². The maximum absolute atomic E-state index is 13.3. The highest BCUT2D eigenvalue weighted by Gasteiger charge is 2.30. The van der Waals surface area contributed by atoms with Gasteiger partial charge in [-0.05, 0) is 60.9 Å². The van der Waals surface area contributed by atoms with Crippen LogP contribution in [0.3, 0.4) is 0 Å². The first-order valence-electron chi connectivity index (χ1n) is 9.54. The van der Waals surface area contributed by atoms with Crippen LogP contribution in [0.15, 0.2) is 33.0 Å². The van der Waals surface area contributed by atoms with Crippen molar-refractivity contribution < 1.29 is 22.8 Å². The lowest BCUT2D eigenvalue weighted by Crippen LogP contribution is -2.18. The maximum Gasteiger partial charge on any atom is 0.265 e. The molecule has 2 N–H and O–H groups in total. The highest BCUT2D eigenvalue weighted by atomic mass is 35.5. The minimum absolute atomic E-state index is 0.00826. The molecule has 1 unspecified atom stereocenters. The molecular formula is C21H23ClN2O5S2. The second-order valence-corrected chi connectivity index (χ2v) is 10.3. The van der Waals surface area contributed by atoms with Crippen molar-refractivity contribution in [1.82, 2.24) is 5.16 Å². The third-order valence-corrected chi connectivity index (χ3v) is 8.00.